The van der Waals surface area contributed by atoms with Crippen LogP contribution in [-0.2, 0) is 21.2 Å². The number of aromatic nitrogens is 3. The summed E-state index contributed by atoms with van der Waals surface area (Å²) < 4.78 is 25.3. The van der Waals surface area contributed by atoms with E-state index >= 15 is 0 Å². The number of likely N-dealkylation sites (N-methyl/N-ethyl adjacent to an activating group) is 1. The molecule has 0 aromatic carbocycles. The van der Waals surface area contributed by atoms with Crippen molar-refractivity contribution in [2.75, 3.05) is 18.1 Å². The molecule has 0 bridgehead atoms. The average Bonchev–Trinajstić information content (AvgIpc) is 3.18. The summed E-state index contributed by atoms with van der Waals surface area (Å²) in [5.74, 6) is -0.189. The summed E-state index contributed by atoms with van der Waals surface area (Å²) in [5.41, 5.74) is 2.22. The van der Waals surface area contributed by atoms with Gasteiger partial charge in [-0.1, -0.05) is 0 Å². The summed E-state index contributed by atoms with van der Waals surface area (Å²) in [7, 11) is -3.10. The Bertz CT molecular complexity index is 1290. The Balaban J connectivity index is 1.68. The third-order valence-electron chi connectivity index (χ3n) is 5.36. The van der Waals surface area contributed by atoms with Gasteiger partial charge in [0.25, 0.3) is 5.56 Å². The van der Waals surface area contributed by atoms with Gasteiger partial charge in [-0.3, -0.25) is 14.2 Å². The molecule has 1 amide bonds. The number of hydrogen-bond acceptors (Lipinski definition) is 7. The molecule has 0 N–H and O–H groups in total. The lowest BCUT2D eigenvalue weighted by Gasteiger charge is -2.27. The molecular weight excluding hydrogens is 412 g/mol. The fourth-order valence-corrected chi connectivity index (χ4v) is 6.94. The van der Waals surface area contributed by atoms with Gasteiger partial charge in [0.15, 0.2) is 9.84 Å². The number of rotatable bonds is 4. The lowest BCUT2D eigenvalue weighted by molar-refractivity contribution is -0.133. The standard InChI is InChI=1S/C19H22N4O4S2/c1-4-23(13-5-6-29(26,27)9-13)14(24)8-22-10-20-16-15-11(2)7-12(3)21-18(15)28-17(16)19(22)25/h7,10,13H,4-6,8-9H2,1-3H3/t13-/m1/s1. The second-order valence-corrected chi connectivity index (χ2v) is 10.7. The van der Waals surface area contributed by atoms with E-state index in [4.69, 9.17) is 0 Å². The molecule has 0 radical (unpaired) electrons. The Morgan fingerprint density at radius 2 is 2.14 bits per heavy atom. The molecule has 1 aliphatic heterocycles. The minimum absolute atomic E-state index is 0.0145. The van der Waals surface area contributed by atoms with Gasteiger partial charge in [0.2, 0.25) is 5.91 Å². The zero-order valence-electron chi connectivity index (χ0n) is 16.5. The Labute approximate surface area is 172 Å². The second-order valence-electron chi connectivity index (χ2n) is 7.45. The second kappa shape index (κ2) is 7.17. The van der Waals surface area contributed by atoms with Crippen LogP contribution in [0.2, 0.25) is 0 Å². The first-order valence-corrected chi connectivity index (χ1v) is 12.1. The molecule has 8 nitrogen and oxygen atoms in total. The Morgan fingerprint density at radius 1 is 1.38 bits per heavy atom. The van der Waals surface area contributed by atoms with E-state index in [1.54, 1.807) is 4.90 Å². The smallest absolute Gasteiger partial charge is 0.271 e. The molecule has 1 aliphatic rings. The fourth-order valence-electron chi connectivity index (χ4n) is 4.01. The Kier molecular flexibility index (Phi) is 4.94. The van der Waals surface area contributed by atoms with E-state index in [0.717, 1.165) is 21.5 Å². The molecule has 3 aromatic heterocycles. The van der Waals surface area contributed by atoms with E-state index in [1.165, 1.54) is 22.2 Å². The zero-order valence-corrected chi connectivity index (χ0v) is 18.1. The number of carbonyl (C=O) groups is 1. The summed E-state index contributed by atoms with van der Waals surface area (Å²) in [6.07, 6.45) is 1.84. The fraction of sp³-hybridized carbons (Fsp3) is 0.474. The maximum Gasteiger partial charge on any atom is 0.271 e. The van der Waals surface area contributed by atoms with Crippen LogP contribution >= 0.6 is 11.3 Å². The van der Waals surface area contributed by atoms with Crippen molar-refractivity contribution in [3.8, 4) is 0 Å². The predicted molar refractivity (Wildman–Crippen MR) is 113 cm³/mol. The van der Waals surface area contributed by atoms with Crippen molar-refractivity contribution >= 4 is 47.5 Å². The van der Waals surface area contributed by atoms with Crippen LogP contribution in [0.25, 0.3) is 20.4 Å². The van der Waals surface area contributed by atoms with Crippen molar-refractivity contribution in [3.05, 3.63) is 34.0 Å². The van der Waals surface area contributed by atoms with Crippen LogP contribution in [-0.4, -0.2) is 57.9 Å². The lowest BCUT2D eigenvalue weighted by Crippen LogP contribution is -2.43. The van der Waals surface area contributed by atoms with Crippen molar-refractivity contribution in [2.24, 2.45) is 0 Å². The highest BCUT2D eigenvalue weighted by Crippen LogP contribution is 2.31. The molecule has 154 valence electrons. The number of thiophene rings is 1. The van der Waals surface area contributed by atoms with Crippen LogP contribution in [0, 0.1) is 13.8 Å². The Morgan fingerprint density at radius 3 is 2.79 bits per heavy atom. The minimum Gasteiger partial charge on any atom is -0.337 e. The van der Waals surface area contributed by atoms with E-state index in [0.29, 0.717) is 23.2 Å². The number of sulfone groups is 1. The van der Waals surface area contributed by atoms with Crippen LogP contribution in [0.1, 0.15) is 24.6 Å². The number of pyridine rings is 1. The number of carbonyl (C=O) groups excluding carboxylic acids is 1. The minimum atomic E-state index is -3.10. The molecule has 4 heterocycles. The largest absolute Gasteiger partial charge is 0.337 e. The number of amides is 1. The van der Waals surface area contributed by atoms with Crippen molar-refractivity contribution in [3.63, 3.8) is 0 Å². The third-order valence-corrected chi connectivity index (χ3v) is 8.17. The molecule has 1 saturated heterocycles. The van der Waals surface area contributed by atoms with Crippen molar-refractivity contribution < 1.29 is 13.2 Å². The van der Waals surface area contributed by atoms with Crippen LogP contribution in [0.5, 0.6) is 0 Å². The molecule has 29 heavy (non-hydrogen) atoms. The van der Waals surface area contributed by atoms with E-state index in [1.807, 2.05) is 26.8 Å². The van der Waals surface area contributed by atoms with Crippen LogP contribution in [0.3, 0.4) is 0 Å². The van der Waals surface area contributed by atoms with Gasteiger partial charge in [0.05, 0.1) is 23.3 Å². The molecule has 3 aromatic rings. The SMILES string of the molecule is CCN(C(=O)Cn1cnc2c(sc3nc(C)cc(C)c32)c1=O)[C@@H]1CCS(=O)(=O)C1. The summed E-state index contributed by atoms with van der Waals surface area (Å²) in [5, 5.41) is 0.873. The average molecular weight is 435 g/mol. The highest BCUT2D eigenvalue weighted by molar-refractivity contribution is 7.91. The molecule has 4 rings (SSSR count). The van der Waals surface area contributed by atoms with Gasteiger partial charge >= 0.3 is 0 Å². The molecule has 1 atom stereocenters. The van der Waals surface area contributed by atoms with Gasteiger partial charge in [-0.15, -0.1) is 11.3 Å². The molecule has 0 aliphatic carbocycles. The molecule has 0 saturated carbocycles. The topological polar surface area (TPSA) is 102 Å². The highest BCUT2D eigenvalue weighted by Gasteiger charge is 2.34. The maximum atomic E-state index is 13.0. The number of hydrogen-bond donors (Lipinski definition) is 0. The third kappa shape index (κ3) is 3.55. The van der Waals surface area contributed by atoms with Crippen molar-refractivity contribution in [1.29, 1.82) is 0 Å². The summed E-state index contributed by atoms with van der Waals surface area (Å²) in [4.78, 5) is 37.1. The normalized spacial score (nSPS) is 18.5. The van der Waals surface area contributed by atoms with Crippen LogP contribution in [0.15, 0.2) is 17.2 Å². The first-order valence-electron chi connectivity index (χ1n) is 9.46. The maximum absolute atomic E-state index is 13.0. The lowest BCUT2D eigenvalue weighted by atomic mass is 10.1. The molecule has 0 unspecified atom stereocenters. The first kappa shape index (κ1) is 20.0. The molecular formula is C19H22N4O4S2. The van der Waals surface area contributed by atoms with Crippen molar-refractivity contribution in [2.45, 2.75) is 39.8 Å². The monoisotopic (exact) mass is 434 g/mol. The van der Waals surface area contributed by atoms with Gasteiger partial charge in [-0.2, -0.15) is 0 Å². The molecule has 10 heteroatoms. The first-order chi connectivity index (χ1) is 13.7. The summed E-state index contributed by atoms with van der Waals surface area (Å²) in [6.45, 7) is 5.93. The summed E-state index contributed by atoms with van der Waals surface area (Å²) in [6, 6.07) is 1.63. The zero-order chi connectivity index (χ0) is 20.9. The van der Waals surface area contributed by atoms with Crippen LogP contribution < -0.4 is 5.56 Å². The van der Waals surface area contributed by atoms with Gasteiger partial charge in [-0.25, -0.2) is 18.4 Å². The van der Waals surface area contributed by atoms with Crippen LogP contribution in [0.4, 0.5) is 0 Å². The van der Waals surface area contributed by atoms with Gasteiger partial charge in [0.1, 0.15) is 16.1 Å². The highest BCUT2D eigenvalue weighted by atomic mass is 32.2. The van der Waals surface area contributed by atoms with E-state index < -0.39 is 9.84 Å². The predicted octanol–water partition coefficient (Wildman–Crippen LogP) is 1.66. The molecule has 0 spiro atoms. The van der Waals surface area contributed by atoms with Crippen molar-refractivity contribution in [1.82, 2.24) is 19.4 Å². The molecule has 1 fully saturated rings. The van der Waals surface area contributed by atoms with Gasteiger partial charge in [-0.05, 0) is 38.8 Å². The van der Waals surface area contributed by atoms with E-state index in [2.05, 4.69) is 9.97 Å². The Hall–Kier alpha value is -2.33. The van der Waals surface area contributed by atoms with E-state index in [9.17, 15) is 18.0 Å². The van der Waals surface area contributed by atoms with Gasteiger partial charge in [0, 0.05) is 23.7 Å². The van der Waals surface area contributed by atoms with Gasteiger partial charge < -0.3 is 4.90 Å². The summed E-state index contributed by atoms with van der Waals surface area (Å²) >= 11 is 1.29. The number of fused-ring (bicyclic) bond motifs is 3. The number of nitrogens with zero attached hydrogens (tertiary/aromatic N) is 4. The number of aryl methyl sites for hydroxylation is 2. The quantitative estimate of drug-likeness (QED) is 0.619. The van der Waals surface area contributed by atoms with E-state index in [-0.39, 0.29) is 35.6 Å².